The molecule has 1 aromatic carbocycles. The van der Waals surface area contributed by atoms with Crippen molar-refractivity contribution in [3.05, 3.63) is 35.0 Å². The van der Waals surface area contributed by atoms with Gasteiger partial charge in [0.05, 0.1) is 11.6 Å². The number of aromatic amines is 1. The number of rotatable bonds is 3. The first-order valence-electron chi connectivity index (χ1n) is 5.72. The van der Waals surface area contributed by atoms with E-state index in [4.69, 9.17) is 5.73 Å². The highest BCUT2D eigenvalue weighted by Gasteiger charge is 2.34. The van der Waals surface area contributed by atoms with E-state index in [1.165, 1.54) is 12.3 Å². The van der Waals surface area contributed by atoms with E-state index in [2.05, 4.69) is 4.98 Å². The summed E-state index contributed by atoms with van der Waals surface area (Å²) < 4.78 is 39.0. The van der Waals surface area contributed by atoms with Gasteiger partial charge in [-0.3, -0.25) is 0 Å². The van der Waals surface area contributed by atoms with E-state index in [9.17, 15) is 18.0 Å². The predicted molar refractivity (Wildman–Crippen MR) is 65.8 cm³/mol. The lowest BCUT2D eigenvalue weighted by molar-refractivity contribution is -0.136. The molecule has 0 bridgehead atoms. The van der Waals surface area contributed by atoms with Gasteiger partial charge in [-0.15, -0.1) is 0 Å². The van der Waals surface area contributed by atoms with Crippen molar-refractivity contribution in [2.45, 2.75) is 25.6 Å². The van der Waals surface area contributed by atoms with E-state index in [0.717, 1.165) is 6.07 Å². The summed E-state index contributed by atoms with van der Waals surface area (Å²) in [4.78, 5) is 13.4. The van der Waals surface area contributed by atoms with Crippen LogP contribution in [0.5, 0.6) is 0 Å². The molecule has 1 atom stereocenters. The largest absolute Gasteiger partial charge is 0.417 e. The van der Waals surface area contributed by atoms with Crippen molar-refractivity contribution >= 4 is 17.2 Å². The van der Waals surface area contributed by atoms with Crippen LogP contribution in [0.4, 0.5) is 13.2 Å². The van der Waals surface area contributed by atoms with Gasteiger partial charge < -0.3 is 15.5 Å². The number of alkyl halides is 3. The molecule has 0 radical (unpaired) electrons. The molecule has 2 aromatic rings. The number of benzene rings is 1. The normalized spacial score (nSPS) is 13.7. The maximum Gasteiger partial charge on any atom is 0.417 e. The monoisotopic (exact) mass is 270 g/mol. The Morgan fingerprint density at radius 3 is 2.68 bits per heavy atom. The molecule has 0 spiro atoms. The summed E-state index contributed by atoms with van der Waals surface area (Å²) in [7, 11) is 0. The highest BCUT2D eigenvalue weighted by molar-refractivity contribution is 5.90. The lowest BCUT2D eigenvalue weighted by Crippen LogP contribution is -2.24. The Morgan fingerprint density at radius 1 is 1.42 bits per heavy atom. The van der Waals surface area contributed by atoms with Crippen LogP contribution >= 0.6 is 0 Å². The second kappa shape index (κ2) is 4.70. The van der Waals surface area contributed by atoms with E-state index < -0.39 is 17.8 Å². The van der Waals surface area contributed by atoms with Gasteiger partial charge in [0, 0.05) is 17.1 Å². The number of H-pyrrole nitrogens is 1. The van der Waals surface area contributed by atoms with Gasteiger partial charge in [-0.1, -0.05) is 6.07 Å². The number of carbonyl (C=O) groups is 1. The van der Waals surface area contributed by atoms with Crippen LogP contribution in [0.3, 0.4) is 0 Å². The van der Waals surface area contributed by atoms with E-state index in [1.807, 2.05) is 0 Å². The van der Waals surface area contributed by atoms with Gasteiger partial charge in [0.25, 0.3) is 0 Å². The SMILES string of the molecule is Cc1ccc(C(F)(F)F)c2c(C[C@H](N)C=O)c[nH]c12. The van der Waals surface area contributed by atoms with E-state index >= 15 is 0 Å². The molecule has 2 rings (SSSR count). The summed E-state index contributed by atoms with van der Waals surface area (Å²) in [5, 5.41) is 0.102. The predicted octanol–water partition coefficient (Wildman–Crippen LogP) is 2.56. The highest BCUT2D eigenvalue weighted by atomic mass is 19.4. The Bertz CT molecular complexity index is 616. The quantitative estimate of drug-likeness (QED) is 0.842. The van der Waals surface area contributed by atoms with Crippen molar-refractivity contribution in [2.75, 3.05) is 0 Å². The molecule has 6 heteroatoms. The number of aromatic nitrogens is 1. The molecule has 1 heterocycles. The summed E-state index contributed by atoms with van der Waals surface area (Å²) in [6.45, 7) is 1.72. The number of nitrogens with two attached hydrogens (primary N) is 1. The van der Waals surface area contributed by atoms with Crippen LogP contribution in [0.15, 0.2) is 18.3 Å². The molecule has 0 saturated carbocycles. The van der Waals surface area contributed by atoms with Gasteiger partial charge >= 0.3 is 6.18 Å². The molecular weight excluding hydrogens is 257 g/mol. The van der Waals surface area contributed by atoms with E-state index in [-0.39, 0.29) is 11.8 Å². The van der Waals surface area contributed by atoms with Crippen molar-refractivity contribution < 1.29 is 18.0 Å². The first-order valence-corrected chi connectivity index (χ1v) is 5.72. The van der Waals surface area contributed by atoms with Crippen molar-refractivity contribution in [3.63, 3.8) is 0 Å². The molecule has 1 aromatic heterocycles. The summed E-state index contributed by atoms with van der Waals surface area (Å²) in [5.41, 5.74) is 6.34. The minimum absolute atomic E-state index is 0.0794. The molecule has 102 valence electrons. The summed E-state index contributed by atoms with van der Waals surface area (Å²) in [5.74, 6) is 0. The minimum Gasteiger partial charge on any atom is -0.361 e. The van der Waals surface area contributed by atoms with Crippen LogP contribution < -0.4 is 5.73 Å². The Balaban J connectivity index is 2.67. The Hall–Kier alpha value is -1.82. The zero-order chi connectivity index (χ0) is 14.2. The molecule has 0 aliphatic heterocycles. The second-order valence-electron chi connectivity index (χ2n) is 4.50. The third kappa shape index (κ3) is 2.49. The zero-order valence-corrected chi connectivity index (χ0v) is 10.2. The topological polar surface area (TPSA) is 58.9 Å². The van der Waals surface area contributed by atoms with Crippen LogP contribution in [-0.2, 0) is 17.4 Å². The first-order chi connectivity index (χ1) is 8.84. The smallest absolute Gasteiger partial charge is 0.361 e. The summed E-state index contributed by atoms with van der Waals surface area (Å²) in [6, 6.07) is 1.67. The number of fused-ring (bicyclic) bond motifs is 1. The number of carbonyl (C=O) groups excluding carboxylic acids is 1. The molecule has 0 aliphatic carbocycles. The number of halogens is 3. The average molecular weight is 270 g/mol. The van der Waals surface area contributed by atoms with Crippen LogP contribution in [0.2, 0.25) is 0 Å². The fourth-order valence-electron chi connectivity index (χ4n) is 2.16. The third-order valence-electron chi connectivity index (χ3n) is 3.06. The van der Waals surface area contributed by atoms with Gasteiger partial charge in [0.1, 0.15) is 6.29 Å². The molecule has 0 fully saturated rings. The van der Waals surface area contributed by atoms with Crippen LogP contribution in [0.1, 0.15) is 16.7 Å². The minimum atomic E-state index is -4.44. The highest BCUT2D eigenvalue weighted by Crippen LogP contribution is 2.37. The Labute approximate surface area is 107 Å². The lowest BCUT2D eigenvalue weighted by Gasteiger charge is -2.11. The average Bonchev–Trinajstić information content (AvgIpc) is 2.73. The first kappa shape index (κ1) is 13.6. The fourth-order valence-corrected chi connectivity index (χ4v) is 2.16. The van der Waals surface area contributed by atoms with Gasteiger partial charge in [0.2, 0.25) is 0 Å². The maximum atomic E-state index is 13.0. The molecule has 19 heavy (non-hydrogen) atoms. The Morgan fingerprint density at radius 2 is 2.11 bits per heavy atom. The molecule has 0 amide bonds. The molecule has 3 N–H and O–H groups in total. The number of nitrogens with one attached hydrogen (secondary N) is 1. The number of aldehydes is 1. The van der Waals surface area contributed by atoms with Crippen LogP contribution in [-0.4, -0.2) is 17.3 Å². The third-order valence-corrected chi connectivity index (χ3v) is 3.06. The van der Waals surface area contributed by atoms with E-state index in [0.29, 0.717) is 22.9 Å². The number of hydrogen-bond donors (Lipinski definition) is 2. The second-order valence-corrected chi connectivity index (χ2v) is 4.50. The summed E-state index contributed by atoms with van der Waals surface area (Å²) >= 11 is 0. The van der Waals surface area contributed by atoms with E-state index in [1.54, 1.807) is 6.92 Å². The molecule has 0 unspecified atom stereocenters. The van der Waals surface area contributed by atoms with Gasteiger partial charge in [-0.25, -0.2) is 0 Å². The van der Waals surface area contributed by atoms with Crippen molar-refractivity contribution in [1.29, 1.82) is 0 Å². The molecular formula is C13H13F3N2O. The number of hydrogen-bond acceptors (Lipinski definition) is 2. The molecule has 3 nitrogen and oxygen atoms in total. The van der Waals surface area contributed by atoms with Gasteiger partial charge in [-0.2, -0.15) is 13.2 Å². The van der Waals surface area contributed by atoms with Crippen LogP contribution in [0, 0.1) is 6.92 Å². The van der Waals surface area contributed by atoms with Crippen molar-refractivity contribution in [1.82, 2.24) is 4.98 Å². The molecule has 0 saturated heterocycles. The van der Waals surface area contributed by atoms with Gasteiger partial charge in [0.15, 0.2) is 0 Å². The zero-order valence-electron chi connectivity index (χ0n) is 10.2. The maximum absolute atomic E-state index is 13.0. The number of aryl methyl sites for hydroxylation is 1. The van der Waals surface area contributed by atoms with Crippen LogP contribution in [0.25, 0.3) is 10.9 Å². The standard InChI is InChI=1S/C13H13F3N2O/c1-7-2-3-10(13(14,15)16)11-8(4-9(17)6-19)5-18-12(7)11/h2-3,5-6,9,18H,4,17H2,1H3/t9-/m0/s1. The fraction of sp³-hybridized carbons (Fsp3) is 0.308. The Kier molecular flexibility index (Phi) is 3.36. The van der Waals surface area contributed by atoms with Crippen molar-refractivity contribution in [2.24, 2.45) is 5.73 Å². The lowest BCUT2D eigenvalue weighted by atomic mass is 9.99. The summed E-state index contributed by atoms with van der Waals surface area (Å²) in [6.07, 6.45) is -2.34. The van der Waals surface area contributed by atoms with Gasteiger partial charge in [-0.05, 0) is 30.5 Å². The molecule has 0 aliphatic rings. The van der Waals surface area contributed by atoms with Crippen molar-refractivity contribution in [3.8, 4) is 0 Å².